The van der Waals surface area contributed by atoms with Crippen molar-refractivity contribution in [1.82, 2.24) is 20.2 Å². The quantitative estimate of drug-likeness (QED) is 0.726. The second kappa shape index (κ2) is 3.73. The maximum absolute atomic E-state index is 8.77. The van der Waals surface area contributed by atoms with Crippen LogP contribution in [0.15, 0.2) is 18.3 Å². The second-order valence-electron chi connectivity index (χ2n) is 2.63. The lowest BCUT2D eigenvalue weighted by Gasteiger charge is -1.94. The molecule has 0 aliphatic heterocycles. The van der Waals surface area contributed by atoms with Crippen LogP contribution in [0.25, 0.3) is 11.4 Å². The third-order valence-corrected chi connectivity index (χ3v) is 1.88. The highest BCUT2D eigenvalue weighted by molar-refractivity contribution is 6.29. The number of aromatic nitrogens is 4. The highest BCUT2D eigenvalue weighted by atomic mass is 35.5. The van der Waals surface area contributed by atoms with E-state index in [-0.39, 0.29) is 6.61 Å². The maximum Gasteiger partial charge on any atom is 0.176 e. The van der Waals surface area contributed by atoms with Gasteiger partial charge in [-0.2, -0.15) is 5.10 Å². The number of halogens is 1. The van der Waals surface area contributed by atoms with Crippen LogP contribution in [0.2, 0.25) is 5.15 Å². The van der Waals surface area contributed by atoms with Crippen molar-refractivity contribution in [1.29, 1.82) is 0 Å². The Labute approximate surface area is 84.8 Å². The van der Waals surface area contributed by atoms with E-state index in [1.807, 2.05) is 0 Å². The van der Waals surface area contributed by atoms with Crippen LogP contribution >= 0.6 is 11.6 Å². The van der Waals surface area contributed by atoms with Gasteiger partial charge in [-0.15, -0.1) is 0 Å². The molecular weight excluding hydrogens is 204 g/mol. The molecule has 0 saturated heterocycles. The number of nitrogens with zero attached hydrogens (tertiary/aromatic N) is 3. The molecule has 0 bridgehead atoms. The Balaban J connectivity index is 2.39. The number of hydrogen-bond donors (Lipinski definition) is 2. The molecule has 0 aromatic carbocycles. The normalized spacial score (nSPS) is 10.4. The van der Waals surface area contributed by atoms with Crippen molar-refractivity contribution in [2.24, 2.45) is 0 Å². The van der Waals surface area contributed by atoms with Crippen LogP contribution < -0.4 is 0 Å². The van der Waals surface area contributed by atoms with Gasteiger partial charge in [-0.05, 0) is 12.1 Å². The summed E-state index contributed by atoms with van der Waals surface area (Å²) in [6.07, 6.45) is 1.58. The predicted octanol–water partition coefficient (Wildman–Crippen LogP) is 1.01. The van der Waals surface area contributed by atoms with Crippen molar-refractivity contribution < 1.29 is 5.11 Å². The summed E-state index contributed by atoms with van der Waals surface area (Å²) in [5.74, 6) is 0.922. The number of pyridine rings is 1. The molecule has 2 N–H and O–H groups in total. The van der Waals surface area contributed by atoms with Gasteiger partial charge in [-0.3, -0.25) is 5.10 Å². The lowest BCUT2D eigenvalue weighted by atomic mass is 10.2. The van der Waals surface area contributed by atoms with E-state index < -0.39 is 0 Å². The summed E-state index contributed by atoms with van der Waals surface area (Å²) in [5, 5.41) is 15.6. The van der Waals surface area contributed by atoms with Crippen molar-refractivity contribution in [2.45, 2.75) is 6.61 Å². The summed E-state index contributed by atoms with van der Waals surface area (Å²) in [6, 6.07) is 3.43. The van der Waals surface area contributed by atoms with Gasteiger partial charge >= 0.3 is 0 Å². The van der Waals surface area contributed by atoms with Crippen LogP contribution in [0.1, 0.15) is 5.82 Å². The molecule has 0 aliphatic carbocycles. The van der Waals surface area contributed by atoms with E-state index in [4.69, 9.17) is 16.7 Å². The van der Waals surface area contributed by atoms with Gasteiger partial charge in [0.2, 0.25) is 0 Å². The summed E-state index contributed by atoms with van der Waals surface area (Å²) in [5.41, 5.74) is 0.789. The van der Waals surface area contributed by atoms with Gasteiger partial charge in [-0.25, -0.2) is 9.97 Å². The molecule has 14 heavy (non-hydrogen) atoms. The molecule has 0 spiro atoms. The summed E-state index contributed by atoms with van der Waals surface area (Å²) in [4.78, 5) is 7.88. The molecule has 72 valence electrons. The van der Waals surface area contributed by atoms with Crippen molar-refractivity contribution in [2.75, 3.05) is 0 Å². The number of aliphatic hydroxyl groups excluding tert-OH is 1. The van der Waals surface area contributed by atoms with Gasteiger partial charge in [0.15, 0.2) is 11.6 Å². The number of rotatable bonds is 2. The third kappa shape index (κ3) is 1.73. The predicted molar refractivity (Wildman–Crippen MR) is 50.5 cm³/mol. The molecule has 2 rings (SSSR count). The first kappa shape index (κ1) is 9.11. The Bertz CT molecular complexity index is 442. The molecule has 0 saturated carbocycles. The topological polar surface area (TPSA) is 74.7 Å². The molecule has 6 heteroatoms. The molecular formula is C8H7ClN4O. The molecule has 5 nitrogen and oxygen atoms in total. The van der Waals surface area contributed by atoms with E-state index in [1.165, 1.54) is 0 Å². The number of aliphatic hydroxyl groups is 1. The van der Waals surface area contributed by atoms with Crippen LogP contribution in [0, 0.1) is 0 Å². The maximum atomic E-state index is 8.77. The average Bonchev–Trinajstić information content (AvgIpc) is 2.66. The minimum atomic E-state index is -0.185. The molecule has 0 amide bonds. The summed E-state index contributed by atoms with van der Waals surface area (Å²) < 4.78 is 0. The SMILES string of the molecule is OCc1n[nH]c(-c2ccnc(Cl)c2)n1. The van der Waals surface area contributed by atoms with Crippen molar-refractivity contribution in [3.05, 3.63) is 29.3 Å². The zero-order chi connectivity index (χ0) is 9.97. The largest absolute Gasteiger partial charge is 0.388 e. The zero-order valence-corrected chi connectivity index (χ0v) is 7.86. The first-order valence-corrected chi connectivity index (χ1v) is 4.31. The van der Waals surface area contributed by atoms with Gasteiger partial charge in [-0.1, -0.05) is 11.6 Å². The van der Waals surface area contributed by atoms with E-state index in [0.717, 1.165) is 5.56 Å². The first-order valence-electron chi connectivity index (χ1n) is 3.93. The van der Waals surface area contributed by atoms with Gasteiger partial charge < -0.3 is 5.11 Å². The van der Waals surface area contributed by atoms with Crippen molar-refractivity contribution in [3.8, 4) is 11.4 Å². The van der Waals surface area contributed by atoms with Crippen molar-refractivity contribution in [3.63, 3.8) is 0 Å². The highest BCUT2D eigenvalue weighted by Crippen LogP contribution is 2.16. The van der Waals surface area contributed by atoms with Crippen LogP contribution in [-0.4, -0.2) is 25.3 Å². The van der Waals surface area contributed by atoms with E-state index >= 15 is 0 Å². The Hall–Kier alpha value is -1.46. The van der Waals surface area contributed by atoms with E-state index in [9.17, 15) is 0 Å². The Morgan fingerprint density at radius 3 is 3.00 bits per heavy atom. The third-order valence-electron chi connectivity index (χ3n) is 1.67. The fraction of sp³-hybridized carbons (Fsp3) is 0.125. The summed E-state index contributed by atoms with van der Waals surface area (Å²) in [6.45, 7) is -0.185. The van der Waals surface area contributed by atoms with E-state index in [0.29, 0.717) is 16.8 Å². The van der Waals surface area contributed by atoms with Crippen molar-refractivity contribution >= 4 is 11.6 Å². The lowest BCUT2D eigenvalue weighted by molar-refractivity contribution is 0.272. The molecule has 2 heterocycles. The van der Waals surface area contributed by atoms with Gasteiger partial charge in [0.1, 0.15) is 11.8 Å². The van der Waals surface area contributed by atoms with Gasteiger partial charge in [0.05, 0.1) is 0 Å². The standard InChI is InChI=1S/C8H7ClN4O/c9-6-3-5(1-2-10-6)8-11-7(4-14)12-13-8/h1-3,14H,4H2,(H,11,12,13). The number of aromatic amines is 1. The van der Waals surface area contributed by atoms with E-state index in [2.05, 4.69) is 20.2 Å². The van der Waals surface area contributed by atoms with E-state index in [1.54, 1.807) is 18.3 Å². The monoisotopic (exact) mass is 210 g/mol. The molecule has 2 aromatic rings. The molecule has 0 fully saturated rings. The average molecular weight is 211 g/mol. The van der Waals surface area contributed by atoms with Crippen LogP contribution in [0.4, 0.5) is 0 Å². The second-order valence-corrected chi connectivity index (χ2v) is 3.01. The highest BCUT2D eigenvalue weighted by Gasteiger charge is 2.04. The molecule has 2 aromatic heterocycles. The van der Waals surface area contributed by atoms with Crippen LogP contribution in [-0.2, 0) is 6.61 Å². The summed E-state index contributed by atoms with van der Waals surface area (Å²) in [7, 11) is 0. The fourth-order valence-corrected chi connectivity index (χ4v) is 1.22. The molecule has 0 atom stereocenters. The minimum absolute atomic E-state index is 0.185. The molecule has 0 radical (unpaired) electrons. The molecule has 0 unspecified atom stereocenters. The Morgan fingerprint density at radius 1 is 1.50 bits per heavy atom. The smallest absolute Gasteiger partial charge is 0.176 e. The number of H-pyrrole nitrogens is 1. The fourth-order valence-electron chi connectivity index (χ4n) is 1.05. The van der Waals surface area contributed by atoms with Gasteiger partial charge in [0.25, 0.3) is 0 Å². The van der Waals surface area contributed by atoms with Crippen LogP contribution in [0.3, 0.4) is 0 Å². The first-order chi connectivity index (χ1) is 6.79. The zero-order valence-electron chi connectivity index (χ0n) is 7.11. The molecule has 0 aliphatic rings. The Kier molecular flexibility index (Phi) is 2.43. The Morgan fingerprint density at radius 2 is 2.36 bits per heavy atom. The number of hydrogen-bond acceptors (Lipinski definition) is 4. The van der Waals surface area contributed by atoms with Gasteiger partial charge in [0, 0.05) is 11.8 Å². The number of nitrogens with one attached hydrogen (secondary N) is 1. The minimum Gasteiger partial charge on any atom is -0.388 e. The lowest BCUT2D eigenvalue weighted by Crippen LogP contribution is -1.85. The van der Waals surface area contributed by atoms with Crippen LogP contribution in [0.5, 0.6) is 0 Å². The summed E-state index contributed by atoms with van der Waals surface area (Å²) >= 11 is 5.71.